The first-order valence-electron chi connectivity index (χ1n) is 6.57. The van der Waals surface area contributed by atoms with E-state index in [-0.39, 0.29) is 11.9 Å². The molecule has 100 valence electrons. The van der Waals surface area contributed by atoms with Crippen molar-refractivity contribution in [2.45, 2.75) is 32.7 Å². The lowest BCUT2D eigenvalue weighted by molar-refractivity contribution is -0.121. The van der Waals surface area contributed by atoms with Crippen molar-refractivity contribution in [3.63, 3.8) is 0 Å². The Morgan fingerprint density at radius 2 is 2.11 bits per heavy atom. The minimum absolute atomic E-state index is 0.0705. The molecule has 0 radical (unpaired) electrons. The third-order valence-electron chi connectivity index (χ3n) is 3.09. The first-order chi connectivity index (χ1) is 9.19. The molecule has 0 aliphatic rings. The monoisotopic (exact) mass is 257 g/mol. The van der Waals surface area contributed by atoms with Crippen molar-refractivity contribution in [1.29, 1.82) is 0 Å². The largest absolute Gasteiger partial charge is 0.353 e. The molecule has 2 rings (SSSR count). The maximum absolute atomic E-state index is 11.8. The number of carbonyl (C=O) groups excluding carboxylic acids is 1. The van der Waals surface area contributed by atoms with Crippen molar-refractivity contribution in [3.8, 4) is 5.69 Å². The number of rotatable bonds is 5. The molecule has 1 N–H and O–H groups in total. The average molecular weight is 257 g/mol. The van der Waals surface area contributed by atoms with Gasteiger partial charge in [-0.25, -0.2) is 4.68 Å². The molecule has 1 atom stereocenters. The van der Waals surface area contributed by atoms with Crippen LogP contribution in [0.15, 0.2) is 42.7 Å². The molecule has 1 unspecified atom stereocenters. The zero-order chi connectivity index (χ0) is 13.7. The van der Waals surface area contributed by atoms with Gasteiger partial charge in [0.15, 0.2) is 0 Å². The highest BCUT2D eigenvalue weighted by molar-refractivity contribution is 5.78. The molecule has 0 aliphatic heterocycles. The highest BCUT2D eigenvalue weighted by atomic mass is 16.1. The Balaban J connectivity index is 1.97. The van der Waals surface area contributed by atoms with E-state index in [1.165, 1.54) is 0 Å². The number of benzene rings is 1. The topological polar surface area (TPSA) is 46.9 Å². The summed E-state index contributed by atoms with van der Waals surface area (Å²) in [5.41, 5.74) is 2.01. The van der Waals surface area contributed by atoms with Gasteiger partial charge < -0.3 is 5.32 Å². The van der Waals surface area contributed by atoms with E-state index in [0.29, 0.717) is 6.42 Å². The molecule has 4 heteroatoms. The summed E-state index contributed by atoms with van der Waals surface area (Å²) in [4.78, 5) is 11.8. The van der Waals surface area contributed by atoms with Gasteiger partial charge in [0.25, 0.3) is 0 Å². The molecular weight excluding hydrogens is 238 g/mol. The van der Waals surface area contributed by atoms with Crippen LogP contribution >= 0.6 is 0 Å². The second-order valence-corrected chi connectivity index (χ2v) is 4.67. The Bertz CT molecular complexity index is 517. The van der Waals surface area contributed by atoms with Gasteiger partial charge in [0.05, 0.1) is 12.1 Å². The van der Waals surface area contributed by atoms with Gasteiger partial charge in [-0.2, -0.15) is 5.10 Å². The smallest absolute Gasteiger partial charge is 0.224 e. The average Bonchev–Trinajstić information content (AvgIpc) is 2.93. The lowest BCUT2D eigenvalue weighted by atomic mass is 10.1. The molecule has 0 saturated heterocycles. The maximum Gasteiger partial charge on any atom is 0.224 e. The normalized spacial score (nSPS) is 12.1. The van der Waals surface area contributed by atoms with Crippen molar-refractivity contribution >= 4 is 5.91 Å². The summed E-state index contributed by atoms with van der Waals surface area (Å²) in [6.45, 7) is 4.07. The van der Waals surface area contributed by atoms with Crippen LogP contribution in [0.2, 0.25) is 0 Å². The molecule has 1 aromatic heterocycles. The summed E-state index contributed by atoms with van der Waals surface area (Å²) in [6.07, 6.45) is 5.01. The third-order valence-corrected chi connectivity index (χ3v) is 3.09. The van der Waals surface area contributed by atoms with E-state index in [1.54, 1.807) is 10.9 Å². The Kier molecular flexibility index (Phi) is 4.34. The van der Waals surface area contributed by atoms with Crippen LogP contribution in [-0.4, -0.2) is 21.7 Å². The summed E-state index contributed by atoms with van der Waals surface area (Å²) in [5, 5.41) is 7.13. The molecule has 0 saturated carbocycles. The first kappa shape index (κ1) is 13.3. The molecule has 4 nitrogen and oxygen atoms in total. The summed E-state index contributed by atoms with van der Waals surface area (Å²) < 4.78 is 1.79. The lowest BCUT2D eigenvalue weighted by Gasteiger charge is -2.11. The maximum atomic E-state index is 11.8. The fourth-order valence-electron chi connectivity index (χ4n) is 1.80. The molecule has 0 aliphatic carbocycles. The molecule has 2 aromatic rings. The van der Waals surface area contributed by atoms with Crippen LogP contribution in [0.5, 0.6) is 0 Å². The minimum Gasteiger partial charge on any atom is -0.353 e. The quantitative estimate of drug-likeness (QED) is 0.893. The first-order valence-corrected chi connectivity index (χ1v) is 6.57. The van der Waals surface area contributed by atoms with Crippen LogP contribution in [0.25, 0.3) is 5.69 Å². The van der Waals surface area contributed by atoms with Crippen LogP contribution in [0.3, 0.4) is 0 Å². The van der Waals surface area contributed by atoms with E-state index in [9.17, 15) is 4.79 Å². The summed E-state index contributed by atoms with van der Waals surface area (Å²) in [5.74, 6) is 0.0705. The van der Waals surface area contributed by atoms with Crippen LogP contribution in [0, 0.1) is 0 Å². The highest BCUT2D eigenvalue weighted by Gasteiger charge is 2.06. The van der Waals surface area contributed by atoms with Gasteiger partial charge in [-0.1, -0.05) is 19.1 Å². The van der Waals surface area contributed by atoms with Crippen molar-refractivity contribution in [2.75, 3.05) is 0 Å². The fourth-order valence-corrected chi connectivity index (χ4v) is 1.80. The van der Waals surface area contributed by atoms with Crippen molar-refractivity contribution < 1.29 is 4.79 Å². The van der Waals surface area contributed by atoms with Gasteiger partial charge >= 0.3 is 0 Å². The van der Waals surface area contributed by atoms with Gasteiger partial charge in [0.2, 0.25) is 5.91 Å². The van der Waals surface area contributed by atoms with Crippen LogP contribution in [0.4, 0.5) is 0 Å². The van der Waals surface area contributed by atoms with E-state index in [2.05, 4.69) is 17.3 Å². The van der Waals surface area contributed by atoms with Crippen LogP contribution < -0.4 is 5.32 Å². The Hall–Kier alpha value is -2.10. The molecule has 19 heavy (non-hydrogen) atoms. The van der Waals surface area contributed by atoms with E-state index in [1.807, 2.05) is 43.5 Å². The minimum atomic E-state index is 0.0705. The summed E-state index contributed by atoms with van der Waals surface area (Å²) in [6, 6.07) is 9.99. The number of hydrogen-bond donors (Lipinski definition) is 1. The van der Waals surface area contributed by atoms with Crippen molar-refractivity contribution in [3.05, 3.63) is 48.3 Å². The van der Waals surface area contributed by atoms with Crippen LogP contribution in [-0.2, 0) is 11.2 Å². The molecule has 1 aromatic carbocycles. The molecule has 0 bridgehead atoms. The third kappa shape index (κ3) is 3.68. The fraction of sp³-hybridized carbons (Fsp3) is 0.333. The summed E-state index contributed by atoms with van der Waals surface area (Å²) >= 11 is 0. The van der Waals surface area contributed by atoms with E-state index >= 15 is 0 Å². The Morgan fingerprint density at radius 1 is 1.37 bits per heavy atom. The molecular formula is C15H19N3O. The van der Waals surface area contributed by atoms with Crippen molar-refractivity contribution in [2.24, 2.45) is 0 Å². The number of nitrogens with zero attached hydrogens (tertiary/aromatic N) is 2. The number of aromatic nitrogens is 2. The van der Waals surface area contributed by atoms with Gasteiger partial charge in [0.1, 0.15) is 0 Å². The Morgan fingerprint density at radius 3 is 2.68 bits per heavy atom. The molecule has 0 fully saturated rings. The second kappa shape index (κ2) is 6.18. The predicted molar refractivity (Wildman–Crippen MR) is 75.2 cm³/mol. The number of nitrogens with one attached hydrogen (secondary N) is 1. The molecule has 1 heterocycles. The zero-order valence-electron chi connectivity index (χ0n) is 11.3. The zero-order valence-corrected chi connectivity index (χ0v) is 11.3. The van der Waals surface area contributed by atoms with Gasteiger partial charge in [-0.05, 0) is 37.1 Å². The van der Waals surface area contributed by atoms with E-state index < -0.39 is 0 Å². The van der Waals surface area contributed by atoms with Crippen molar-refractivity contribution in [1.82, 2.24) is 15.1 Å². The SMILES string of the molecule is CCC(C)NC(=O)Cc1ccc(-n2cccn2)cc1. The van der Waals surface area contributed by atoms with Crippen LogP contribution in [0.1, 0.15) is 25.8 Å². The highest BCUT2D eigenvalue weighted by Crippen LogP contribution is 2.09. The van der Waals surface area contributed by atoms with E-state index in [0.717, 1.165) is 17.7 Å². The van der Waals surface area contributed by atoms with E-state index in [4.69, 9.17) is 0 Å². The number of amides is 1. The summed E-state index contributed by atoms with van der Waals surface area (Å²) in [7, 11) is 0. The van der Waals surface area contributed by atoms with Gasteiger partial charge in [-0.3, -0.25) is 4.79 Å². The standard InChI is InChI=1S/C15H19N3O/c1-3-12(2)17-15(19)11-13-5-7-14(8-6-13)18-10-4-9-16-18/h4-10,12H,3,11H2,1-2H3,(H,17,19). The Labute approximate surface area is 113 Å². The predicted octanol–water partition coefficient (Wildman–Crippen LogP) is 2.33. The second-order valence-electron chi connectivity index (χ2n) is 4.67. The van der Waals surface area contributed by atoms with Gasteiger partial charge in [0, 0.05) is 18.4 Å². The number of hydrogen-bond acceptors (Lipinski definition) is 2. The molecule has 0 spiro atoms. The van der Waals surface area contributed by atoms with Gasteiger partial charge in [-0.15, -0.1) is 0 Å². The molecule has 1 amide bonds. The lowest BCUT2D eigenvalue weighted by Crippen LogP contribution is -2.33. The number of carbonyl (C=O) groups is 1.